The number of fused-ring (bicyclic) bond motifs is 1. The van der Waals surface area contributed by atoms with Crippen LogP contribution in [0.1, 0.15) is 31.1 Å². The quantitative estimate of drug-likeness (QED) is 0.385. The van der Waals surface area contributed by atoms with E-state index in [0.717, 1.165) is 12.1 Å². The average molecular weight is 346 g/mol. The molecule has 0 aromatic heterocycles. The summed E-state index contributed by atoms with van der Waals surface area (Å²) >= 11 is 5.70. The number of nitro benzene ring substituents is 1. The number of nitro groups is 1. The molecule has 24 heavy (non-hydrogen) atoms. The molecule has 120 valence electrons. The number of halogens is 1. The molecular weight excluding hydrogens is 338 g/mol. The van der Waals surface area contributed by atoms with Crippen molar-refractivity contribution in [2.24, 2.45) is 0 Å². The number of carbonyl (C=O) groups is 3. The summed E-state index contributed by atoms with van der Waals surface area (Å²) < 4.78 is 0. The Kier molecular flexibility index (Phi) is 3.53. The smallest absolute Gasteiger partial charge is 0.283 e. The van der Waals surface area contributed by atoms with Gasteiger partial charge in [-0.05, 0) is 24.3 Å². The molecule has 1 aliphatic rings. The number of carbonyl (C=O) groups excluding carboxylic acids is 3. The van der Waals surface area contributed by atoms with Crippen molar-refractivity contribution >= 4 is 40.7 Å². The molecule has 0 aliphatic carbocycles. The van der Waals surface area contributed by atoms with Gasteiger partial charge in [0.25, 0.3) is 23.4 Å². The van der Waals surface area contributed by atoms with E-state index in [-0.39, 0.29) is 21.8 Å². The van der Waals surface area contributed by atoms with Gasteiger partial charge < -0.3 is 5.73 Å². The molecule has 3 amide bonds. The number of imide groups is 3. The summed E-state index contributed by atoms with van der Waals surface area (Å²) in [6.45, 7) is 0. The van der Waals surface area contributed by atoms with Crippen molar-refractivity contribution in [3.63, 3.8) is 0 Å². The predicted molar refractivity (Wildman–Crippen MR) is 83.8 cm³/mol. The Labute approximate surface area is 139 Å². The van der Waals surface area contributed by atoms with Gasteiger partial charge in [0.15, 0.2) is 0 Å². The third kappa shape index (κ3) is 2.20. The summed E-state index contributed by atoms with van der Waals surface area (Å²) in [5, 5.41) is 11.2. The highest BCUT2D eigenvalue weighted by atomic mass is 35.5. The summed E-state index contributed by atoms with van der Waals surface area (Å²) in [4.78, 5) is 48.0. The lowest BCUT2D eigenvalue weighted by molar-refractivity contribution is -0.385. The van der Waals surface area contributed by atoms with Crippen LogP contribution in [0.5, 0.6) is 0 Å². The number of nitrogen functional groups attached to an aromatic ring is 1. The fraction of sp³-hybridized carbons (Fsp3) is 0. The maximum absolute atomic E-state index is 12.6. The molecule has 8 nitrogen and oxygen atoms in total. The second-order valence-corrected chi connectivity index (χ2v) is 5.38. The summed E-state index contributed by atoms with van der Waals surface area (Å²) in [6.07, 6.45) is 0. The lowest BCUT2D eigenvalue weighted by Crippen LogP contribution is -2.36. The second-order valence-electron chi connectivity index (χ2n) is 4.94. The summed E-state index contributed by atoms with van der Waals surface area (Å²) in [5.74, 6) is -2.90. The van der Waals surface area contributed by atoms with Gasteiger partial charge in [0.1, 0.15) is 5.56 Å². The number of amides is 3. The van der Waals surface area contributed by atoms with Crippen LogP contribution in [0.15, 0.2) is 36.4 Å². The van der Waals surface area contributed by atoms with E-state index in [4.69, 9.17) is 17.3 Å². The van der Waals surface area contributed by atoms with Crippen LogP contribution in [0.4, 0.5) is 11.4 Å². The van der Waals surface area contributed by atoms with Crippen LogP contribution >= 0.6 is 11.6 Å². The molecule has 1 heterocycles. The zero-order valence-electron chi connectivity index (χ0n) is 11.9. The molecule has 0 atom stereocenters. The Bertz CT molecular complexity index is 941. The van der Waals surface area contributed by atoms with Crippen molar-refractivity contribution < 1.29 is 19.3 Å². The minimum atomic E-state index is -1.11. The van der Waals surface area contributed by atoms with Gasteiger partial charge in [-0.1, -0.05) is 17.7 Å². The van der Waals surface area contributed by atoms with Crippen LogP contribution < -0.4 is 5.73 Å². The van der Waals surface area contributed by atoms with Gasteiger partial charge in [-0.2, -0.15) is 0 Å². The largest absolute Gasteiger partial charge is 0.398 e. The van der Waals surface area contributed by atoms with Crippen molar-refractivity contribution in [3.05, 3.63) is 68.2 Å². The third-order valence-corrected chi connectivity index (χ3v) is 3.77. The van der Waals surface area contributed by atoms with Gasteiger partial charge in [0.2, 0.25) is 0 Å². The van der Waals surface area contributed by atoms with Crippen LogP contribution in [-0.2, 0) is 0 Å². The minimum Gasteiger partial charge on any atom is -0.398 e. The number of hydrogen-bond donors (Lipinski definition) is 1. The van der Waals surface area contributed by atoms with Crippen LogP contribution in [0.25, 0.3) is 0 Å². The van der Waals surface area contributed by atoms with Crippen LogP contribution in [-0.4, -0.2) is 27.5 Å². The highest BCUT2D eigenvalue weighted by Crippen LogP contribution is 2.31. The summed E-state index contributed by atoms with van der Waals surface area (Å²) in [7, 11) is 0. The molecule has 0 fully saturated rings. The van der Waals surface area contributed by atoms with E-state index in [1.165, 1.54) is 24.3 Å². The topological polar surface area (TPSA) is 124 Å². The summed E-state index contributed by atoms with van der Waals surface area (Å²) in [5.41, 5.74) is 4.60. The zero-order valence-corrected chi connectivity index (χ0v) is 12.6. The normalized spacial score (nSPS) is 13.1. The first-order valence-corrected chi connectivity index (χ1v) is 6.96. The molecule has 2 aromatic rings. The maximum Gasteiger partial charge on any atom is 0.283 e. The molecule has 2 N–H and O–H groups in total. The Morgan fingerprint density at radius 2 is 1.88 bits per heavy atom. The highest BCUT2D eigenvalue weighted by Gasteiger charge is 2.43. The molecule has 1 aliphatic heterocycles. The van der Waals surface area contributed by atoms with Gasteiger partial charge in [-0.3, -0.25) is 24.5 Å². The Morgan fingerprint density at radius 1 is 1.17 bits per heavy atom. The SMILES string of the molecule is Nc1cccc2c1C(=O)N(C(=O)c1ccc(Cl)cc1[N+](=O)[O-])C2=O. The van der Waals surface area contributed by atoms with E-state index in [1.54, 1.807) is 0 Å². The van der Waals surface area contributed by atoms with Crippen molar-refractivity contribution in [1.82, 2.24) is 4.90 Å². The Morgan fingerprint density at radius 3 is 2.50 bits per heavy atom. The number of rotatable bonds is 2. The second kappa shape index (κ2) is 5.43. The van der Waals surface area contributed by atoms with Crippen molar-refractivity contribution in [2.75, 3.05) is 5.73 Å². The van der Waals surface area contributed by atoms with Crippen molar-refractivity contribution in [2.45, 2.75) is 0 Å². The summed E-state index contributed by atoms with van der Waals surface area (Å²) in [6, 6.07) is 7.57. The van der Waals surface area contributed by atoms with Crippen LogP contribution in [0, 0.1) is 10.1 Å². The van der Waals surface area contributed by atoms with Crippen molar-refractivity contribution in [1.29, 1.82) is 0 Å². The first-order valence-electron chi connectivity index (χ1n) is 6.58. The molecule has 0 radical (unpaired) electrons. The molecule has 0 spiro atoms. The average Bonchev–Trinajstić information content (AvgIpc) is 2.79. The molecule has 0 saturated heterocycles. The minimum absolute atomic E-state index is 0.0232. The molecular formula is C15H8ClN3O5. The number of nitrogens with zero attached hydrogens (tertiary/aromatic N) is 2. The molecule has 0 saturated carbocycles. The van der Waals surface area contributed by atoms with Crippen LogP contribution in [0.2, 0.25) is 5.02 Å². The van der Waals surface area contributed by atoms with Gasteiger partial charge in [0, 0.05) is 16.8 Å². The number of anilines is 1. The predicted octanol–water partition coefficient (Wildman–Crippen LogP) is 2.27. The van der Waals surface area contributed by atoms with Gasteiger partial charge in [-0.15, -0.1) is 0 Å². The zero-order chi connectivity index (χ0) is 17.6. The lowest BCUT2D eigenvalue weighted by atomic mass is 10.1. The van der Waals surface area contributed by atoms with E-state index in [2.05, 4.69) is 0 Å². The Hall–Kier alpha value is -3.26. The van der Waals surface area contributed by atoms with Crippen LogP contribution in [0.3, 0.4) is 0 Å². The molecule has 3 rings (SSSR count). The molecule has 0 bridgehead atoms. The van der Waals surface area contributed by atoms with Gasteiger partial charge >= 0.3 is 0 Å². The maximum atomic E-state index is 12.6. The van der Waals surface area contributed by atoms with Gasteiger partial charge in [0.05, 0.1) is 16.1 Å². The fourth-order valence-corrected chi connectivity index (χ4v) is 2.62. The number of benzene rings is 2. The molecule has 9 heteroatoms. The van der Waals surface area contributed by atoms with E-state index >= 15 is 0 Å². The van der Waals surface area contributed by atoms with E-state index in [0.29, 0.717) is 4.90 Å². The fourth-order valence-electron chi connectivity index (χ4n) is 2.45. The molecule has 0 unspecified atom stereocenters. The Balaban J connectivity index is 2.11. The third-order valence-electron chi connectivity index (χ3n) is 3.54. The standard InChI is InChI=1S/C15H8ClN3O5/c16-7-4-5-8(11(6-7)19(23)24)13(20)18-14(21)9-2-1-3-10(17)12(9)15(18)22/h1-6H,17H2. The van der Waals surface area contributed by atoms with Gasteiger partial charge in [-0.25, -0.2) is 4.90 Å². The highest BCUT2D eigenvalue weighted by molar-refractivity contribution is 6.33. The lowest BCUT2D eigenvalue weighted by Gasteiger charge is -2.12. The first-order chi connectivity index (χ1) is 11.3. The van der Waals surface area contributed by atoms with E-state index in [9.17, 15) is 24.5 Å². The first kappa shape index (κ1) is 15.6. The van der Waals surface area contributed by atoms with Crippen molar-refractivity contribution in [3.8, 4) is 0 Å². The number of nitrogens with two attached hydrogens (primary N) is 1. The molecule has 2 aromatic carbocycles. The van der Waals surface area contributed by atoms with E-state index < -0.39 is 33.9 Å². The monoisotopic (exact) mass is 345 g/mol. The van der Waals surface area contributed by atoms with E-state index in [1.807, 2.05) is 0 Å². The number of hydrogen-bond acceptors (Lipinski definition) is 6.